The summed E-state index contributed by atoms with van der Waals surface area (Å²) in [5, 5.41) is 11.5. The Balaban J connectivity index is 2.10. The molecule has 0 saturated carbocycles. The third-order valence-electron chi connectivity index (χ3n) is 3.13. The minimum atomic E-state index is -0.0739. The van der Waals surface area contributed by atoms with Gasteiger partial charge in [-0.1, -0.05) is 37.3 Å². The van der Waals surface area contributed by atoms with Gasteiger partial charge in [0.2, 0.25) is 11.8 Å². The van der Waals surface area contributed by atoms with Crippen LogP contribution in [0, 0.1) is 5.92 Å². The first-order chi connectivity index (χ1) is 9.74. The van der Waals surface area contributed by atoms with E-state index < -0.39 is 0 Å². The molecule has 2 rings (SSSR count). The summed E-state index contributed by atoms with van der Waals surface area (Å²) in [5.74, 6) is 1.61. The van der Waals surface area contributed by atoms with Gasteiger partial charge in [0.15, 0.2) is 0 Å². The van der Waals surface area contributed by atoms with Gasteiger partial charge in [-0.05, 0) is 18.5 Å². The lowest BCUT2D eigenvalue weighted by Crippen LogP contribution is -2.17. The summed E-state index contributed by atoms with van der Waals surface area (Å²) in [5.41, 5.74) is 1.11. The Morgan fingerprint density at radius 3 is 2.65 bits per heavy atom. The second-order valence-electron chi connectivity index (χ2n) is 4.93. The van der Waals surface area contributed by atoms with Crippen LogP contribution in [0.2, 0.25) is 0 Å². The standard InChI is InChI=1S/C15H21N3O2/c1-11(10-19-3)9-13-17-18-15(20-13)14(16-2)12-7-5-4-6-8-12/h4-8,11,14,16H,9-10H2,1-3H3. The van der Waals surface area contributed by atoms with Crippen LogP contribution < -0.4 is 5.32 Å². The third kappa shape index (κ3) is 3.65. The maximum absolute atomic E-state index is 5.77. The first-order valence-corrected chi connectivity index (χ1v) is 6.78. The van der Waals surface area contributed by atoms with E-state index in [4.69, 9.17) is 9.15 Å². The van der Waals surface area contributed by atoms with Crippen molar-refractivity contribution in [3.8, 4) is 0 Å². The number of rotatable bonds is 7. The second kappa shape index (κ2) is 7.17. The number of hydrogen-bond acceptors (Lipinski definition) is 5. The molecule has 0 aliphatic heterocycles. The van der Waals surface area contributed by atoms with Crippen molar-refractivity contribution in [2.75, 3.05) is 20.8 Å². The molecule has 0 aliphatic carbocycles. The van der Waals surface area contributed by atoms with Crippen LogP contribution in [0.15, 0.2) is 34.7 Å². The van der Waals surface area contributed by atoms with Gasteiger partial charge >= 0.3 is 0 Å². The molecule has 20 heavy (non-hydrogen) atoms. The van der Waals surface area contributed by atoms with Crippen LogP contribution in [0.4, 0.5) is 0 Å². The molecule has 2 atom stereocenters. The Bertz CT molecular complexity index is 513. The van der Waals surface area contributed by atoms with Crippen LogP contribution >= 0.6 is 0 Å². The summed E-state index contributed by atoms with van der Waals surface area (Å²) in [4.78, 5) is 0. The van der Waals surface area contributed by atoms with Crippen LogP contribution in [0.1, 0.15) is 30.3 Å². The van der Waals surface area contributed by atoms with Gasteiger partial charge < -0.3 is 14.5 Å². The summed E-state index contributed by atoms with van der Waals surface area (Å²) >= 11 is 0. The topological polar surface area (TPSA) is 60.2 Å². The lowest BCUT2D eigenvalue weighted by molar-refractivity contribution is 0.156. The summed E-state index contributed by atoms with van der Waals surface area (Å²) in [6.45, 7) is 2.78. The third-order valence-corrected chi connectivity index (χ3v) is 3.13. The Morgan fingerprint density at radius 1 is 1.25 bits per heavy atom. The van der Waals surface area contributed by atoms with E-state index in [1.807, 2.05) is 37.4 Å². The summed E-state index contributed by atoms with van der Waals surface area (Å²) in [7, 11) is 3.58. The first kappa shape index (κ1) is 14.7. The fourth-order valence-electron chi connectivity index (χ4n) is 2.19. The van der Waals surface area contributed by atoms with Gasteiger partial charge in [-0.15, -0.1) is 10.2 Å². The van der Waals surface area contributed by atoms with Crippen LogP contribution in [0.3, 0.4) is 0 Å². The predicted molar refractivity (Wildman–Crippen MR) is 76.4 cm³/mol. The van der Waals surface area contributed by atoms with Crippen LogP contribution in [-0.4, -0.2) is 31.0 Å². The Kier molecular flexibility index (Phi) is 5.26. The van der Waals surface area contributed by atoms with Crippen molar-refractivity contribution in [2.45, 2.75) is 19.4 Å². The average Bonchev–Trinajstić information content (AvgIpc) is 2.89. The number of aromatic nitrogens is 2. The van der Waals surface area contributed by atoms with Crippen molar-refractivity contribution in [1.29, 1.82) is 0 Å². The molecule has 0 bridgehead atoms. The van der Waals surface area contributed by atoms with Gasteiger partial charge in [0, 0.05) is 20.1 Å². The van der Waals surface area contributed by atoms with E-state index in [0.29, 0.717) is 24.3 Å². The monoisotopic (exact) mass is 275 g/mol. The average molecular weight is 275 g/mol. The van der Waals surface area contributed by atoms with Crippen molar-refractivity contribution < 1.29 is 9.15 Å². The molecular formula is C15H21N3O2. The maximum Gasteiger partial charge on any atom is 0.237 e. The number of benzene rings is 1. The van der Waals surface area contributed by atoms with E-state index >= 15 is 0 Å². The normalized spacial score (nSPS) is 14.2. The van der Waals surface area contributed by atoms with E-state index in [1.54, 1.807) is 7.11 Å². The molecule has 0 fully saturated rings. The molecule has 5 heteroatoms. The quantitative estimate of drug-likeness (QED) is 0.839. The van der Waals surface area contributed by atoms with E-state index in [2.05, 4.69) is 22.4 Å². The fourth-order valence-corrected chi connectivity index (χ4v) is 2.19. The van der Waals surface area contributed by atoms with Gasteiger partial charge in [-0.3, -0.25) is 0 Å². The van der Waals surface area contributed by atoms with E-state index in [9.17, 15) is 0 Å². The zero-order chi connectivity index (χ0) is 14.4. The second-order valence-corrected chi connectivity index (χ2v) is 4.93. The minimum absolute atomic E-state index is 0.0739. The molecule has 0 aliphatic rings. The zero-order valence-electron chi connectivity index (χ0n) is 12.2. The van der Waals surface area contributed by atoms with Gasteiger partial charge in [-0.25, -0.2) is 0 Å². The largest absolute Gasteiger partial charge is 0.423 e. The van der Waals surface area contributed by atoms with E-state index in [0.717, 1.165) is 12.0 Å². The van der Waals surface area contributed by atoms with Crippen molar-refractivity contribution >= 4 is 0 Å². The van der Waals surface area contributed by atoms with Crippen LogP contribution in [0.5, 0.6) is 0 Å². The Morgan fingerprint density at radius 2 is 2.00 bits per heavy atom. The van der Waals surface area contributed by atoms with Gasteiger partial charge in [0.1, 0.15) is 6.04 Å². The van der Waals surface area contributed by atoms with Crippen LogP contribution in [-0.2, 0) is 11.2 Å². The number of nitrogens with one attached hydrogen (secondary N) is 1. The molecule has 1 heterocycles. The van der Waals surface area contributed by atoms with Crippen molar-refractivity contribution in [3.63, 3.8) is 0 Å². The number of nitrogens with zero attached hydrogens (tertiary/aromatic N) is 2. The number of ether oxygens (including phenoxy) is 1. The summed E-state index contributed by atoms with van der Waals surface area (Å²) in [6.07, 6.45) is 0.728. The molecule has 1 N–H and O–H groups in total. The van der Waals surface area contributed by atoms with Gasteiger partial charge in [-0.2, -0.15) is 0 Å². The maximum atomic E-state index is 5.77. The molecule has 1 aromatic heterocycles. The zero-order valence-corrected chi connectivity index (χ0v) is 12.2. The smallest absolute Gasteiger partial charge is 0.237 e. The molecule has 2 unspecified atom stereocenters. The molecule has 108 valence electrons. The highest BCUT2D eigenvalue weighted by Gasteiger charge is 2.19. The summed E-state index contributed by atoms with van der Waals surface area (Å²) in [6, 6.07) is 9.99. The molecule has 0 radical (unpaired) electrons. The number of hydrogen-bond donors (Lipinski definition) is 1. The Labute approximate surface area is 119 Å². The molecule has 1 aromatic carbocycles. The van der Waals surface area contributed by atoms with Crippen molar-refractivity contribution in [2.24, 2.45) is 5.92 Å². The highest BCUT2D eigenvalue weighted by atomic mass is 16.5. The lowest BCUT2D eigenvalue weighted by atomic mass is 10.1. The highest BCUT2D eigenvalue weighted by molar-refractivity contribution is 5.23. The van der Waals surface area contributed by atoms with Crippen LogP contribution in [0.25, 0.3) is 0 Å². The fraction of sp³-hybridized carbons (Fsp3) is 0.467. The van der Waals surface area contributed by atoms with E-state index in [-0.39, 0.29) is 6.04 Å². The van der Waals surface area contributed by atoms with E-state index in [1.165, 1.54) is 0 Å². The summed E-state index contributed by atoms with van der Waals surface area (Å²) < 4.78 is 10.9. The van der Waals surface area contributed by atoms with Crippen molar-refractivity contribution in [3.05, 3.63) is 47.7 Å². The molecule has 5 nitrogen and oxygen atoms in total. The van der Waals surface area contributed by atoms with Gasteiger partial charge in [0.05, 0.1) is 0 Å². The SMILES string of the molecule is CNC(c1ccccc1)c1nnc(CC(C)COC)o1. The minimum Gasteiger partial charge on any atom is -0.423 e. The molecule has 0 saturated heterocycles. The highest BCUT2D eigenvalue weighted by Crippen LogP contribution is 2.21. The number of methoxy groups -OCH3 is 1. The Hall–Kier alpha value is -1.72. The van der Waals surface area contributed by atoms with Crippen molar-refractivity contribution in [1.82, 2.24) is 15.5 Å². The lowest BCUT2D eigenvalue weighted by Gasteiger charge is -2.12. The van der Waals surface area contributed by atoms with Gasteiger partial charge in [0.25, 0.3) is 0 Å². The molecule has 2 aromatic rings. The molecular weight excluding hydrogens is 254 g/mol. The predicted octanol–water partition coefficient (Wildman–Crippen LogP) is 2.20. The molecule has 0 amide bonds. The first-order valence-electron chi connectivity index (χ1n) is 6.78. The molecule has 0 spiro atoms.